The Bertz CT molecular complexity index is 352. The van der Waals surface area contributed by atoms with E-state index in [0.717, 1.165) is 6.08 Å². The minimum atomic E-state index is -1.04. The third-order valence-corrected chi connectivity index (χ3v) is 1.66. The van der Waals surface area contributed by atoms with Crippen LogP contribution in [0, 0.1) is 0 Å². The summed E-state index contributed by atoms with van der Waals surface area (Å²) in [6.45, 7) is 0. The maximum Gasteiger partial charge on any atom is 0.327 e. The third kappa shape index (κ3) is 3.23. The summed E-state index contributed by atoms with van der Waals surface area (Å²) in [5.41, 5.74) is 0.600. The summed E-state index contributed by atoms with van der Waals surface area (Å²) in [7, 11) is 0. The standard InChI is InChI=1S/C11H10O3/c12-10(7-4-8-11(13)14)9-5-2-1-3-6-9/h1-6,8H,7H2,(H,13,14). The van der Waals surface area contributed by atoms with Crippen LogP contribution in [-0.2, 0) is 4.79 Å². The fourth-order valence-electron chi connectivity index (χ4n) is 1.01. The number of aliphatic carboxylic acids is 1. The number of carbonyl (C=O) groups is 2. The van der Waals surface area contributed by atoms with Crippen LogP contribution in [0.15, 0.2) is 42.5 Å². The first-order valence-electron chi connectivity index (χ1n) is 4.18. The van der Waals surface area contributed by atoms with Crippen molar-refractivity contribution in [2.45, 2.75) is 6.42 Å². The highest BCUT2D eigenvalue weighted by Gasteiger charge is 2.01. The molecule has 1 aromatic rings. The van der Waals surface area contributed by atoms with Crippen molar-refractivity contribution in [3.8, 4) is 0 Å². The van der Waals surface area contributed by atoms with Crippen molar-refractivity contribution >= 4 is 11.8 Å². The summed E-state index contributed by atoms with van der Waals surface area (Å²) in [5.74, 6) is -1.12. The normalized spacial score (nSPS) is 10.3. The van der Waals surface area contributed by atoms with Gasteiger partial charge in [-0.15, -0.1) is 0 Å². The predicted octanol–water partition coefficient (Wildman–Crippen LogP) is 1.90. The molecule has 0 unspecified atom stereocenters. The van der Waals surface area contributed by atoms with Gasteiger partial charge in [0.2, 0.25) is 0 Å². The van der Waals surface area contributed by atoms with Gasteiger partial charge in [-0.2, -0.15) is 0 Å². The summed E-state index contributed by atoms with van der Waals surface area (Å²) in [5, 5.41) is 8.30. The number of carbonyl (C=O) groups excluding carboxylic acids is 1. The summed E-state index contributed by atoms with van der Waals surface area (Å²) in [4.78, 5) is 21.5. The third-order valence-electron chi connectivity index (χ3n) is 1.66. The molecule has 0 heterocycles. The van der Waals surface area contributed by atoms with Gasteiger partial charge in [-0.25, -0.2) is 4.79 Å². The van der Waals surface area contributed by atoms with Gasteiger partial charge in [-0.3, -0.25) is 4.79 Å². The maximum absolute atomic E-state index is 11.4. The Morgan fingerprint density at radius 2 is 1.86 bits per heavy atom. The molecule has 0 atom stereocenters. The lowest BCUT2D eigenvalue weighted by atomic mass is 10.1. The van der Waals surface area contributed by atoms with Crippen LogP contribution in [0.5, 0.6) is 0 Å². The summed E-state index contributed by atoms with van der Waals surface area (Å²) >= 11 is 0. The van der Waals surface area contributed by atoms with Crippen molar-refractivity contribution in [3.63, 3.8) is 0 Å². The van der Waals surface area contributed by atoms with Gasteiger partial charge in [0.15, 0.2) is 5.78 Å². The highest BCUT2D eigenvalue weighted by atomic mass is 16.4. The number of hydrogen-bond donors (Lipinski definition) is 1. The van der Waals surface area contributed by atoms with Gasteiger partial charge >= 0.3 is 5.97 Å². The lowest BCUT2D eigenvalue weighted by Gasteiger charge is -1.95. The number of rotatable bonds is 4. The molecular weight excluding hydrogens is 180 g/mol. The number of hydrogen-bond acceptors (Lipinski definition) is 2. The van der Waals surface area contributed by atoms with Crippen molar-refractivity contribution in [1.82, 2.24) is 0 Å². The van der Waals surface area contributed by atoms with E-state index in [1.54, 1.807) is 24.3 Å². The first kappa shape index (κ1) is 10.2. The summed E-state index contributed by atoms with van der Waals surface area (Å²) in [6.07, 6.45) is 2.44. The molecule has 0 aliphatic carbocycles. The number of carboxylic acid groups (broad SMARTS) is 1. The zero-order chi connectivity index (χ0) is 10.4. The molecule has 3 nitrogen and oxygen atoms in total. The Balaban J connectivity index is 2.56. The lowest BCUT2D eigenvalue weighted by molar-refractivity contribution is -0.131. The summed E-state index contributed by atoms with van der Waals surface area (Å²) < 4.78 is 0. The van der Waals surface area contributed by atoms with Gasteiger partial charge in [0.1, 0.15) is 0 Å². The fraction of sp³-hybridized carbons (Fsp3) is 0.0909. The van der Waals surface area contributed by atoms with Crippen LogP contribution < -0.4 is 0 Å². The van der Waals surface area contributed by atoms with Crippen LogP contribution >= 0.6 is 0 Å². The minimum absolute atomic E-state index is 0.0805. The zero-order valence-electron chi connectivity index (χ0n) is 7.51. The average molecular weight is 190 g/mol. The van der Waals surface area contributed by atoms with Crippen molar-refractivity contribution in [1.29, 1.82) is 0 Å². The quantitative estimate of drug-likeness (QED) is 0.582. The van der Waals surface area contributed by atoms with Gasteiger partial charge < -0.3 is 5.11 Å². The number of benzene rings is 1. The summed E-state index contributed by atoms with van der Waals surface area (Å²) in [6, 6.07) is 8.78. The molecule has 0 radical (unpaired) electrons. The van der Waals surface area contributed by atoms with E-state index in [0.29, 0.717) is 5.56 Å². The molecule has 1 rings (SSSR count). The average Bonchev–Trinajstić information content (AvgIpc) is 2.18. The molecule has 0 saturated carbocycles. The van der Waals surface area contributed by atoms with Crippen molar-refractivity contribution < 1.29 is 14.7 Å². The number of ketones is 1. The SMILES string of the molecule is O=C(O)C=CCC(=O)c1ccccc1. The topological polar surface area (TPSA) is 54.4 Å². The molecule has 0 bridgehead atoms. The second kappa shape index (κ2) is 4.97. The molecule has 72 valence electrons. The first-order valence-corrected chi connectivity index (χ1v) is 4.18. The van der Waals surface area contributed by atoms with E-state index in [4.69, 9.17) is 5.11 Å². The van der Waals surface area contributed by atoms with Crippen molar-refractivity contribution in [3.05, 3.63) is 48.0 Å². The lowest BCUT2D eigenvalue weighted by Crippen LogP contribution is -1.96. The number of Topliss-reactive ketones (excluding diaryl/α,β-unsaturated/α-hetero) is 1. The van der Waals surface area contributed by atoms with Crippen LogP contribution in [0.3, 0.4) is 0 Å². The Labute approximate surface area is 81.7 Å². The van der Waals surface area contributed by atoms with Gasteiger partial charge in [-0.1, -0.05) is 36.4 Å². The fourth-order valence-corrected chi connectivity index (χ4v) is 1.01. The van der Waals surface area contributed by atoms with Gasteiger partial charge in [0.25, 0.3) is 0 Å². The van der Waals surface area contributed by atoms with Gasteiger partial charge in [0.05, 0.1) is 0 Å². The number of carboxylic acids is 1. The second-order valence-electron chi connectivity index (χ2n) is 2.73. The molecule has 0 saturated heterocycles. The minimum Gasteiger partial charge on any atom is -0.478 e. The Morgan fingerprint density at radius 1 is 1.21 bits per heavy atom. The van der Waals surface area contributed by atoms with Crippen molar-refractivity contribution in [2.24, 2.45) is 0 Å². The van der Waals surface area contributed by atoms with E-state index in [-0.39, 0.29) is 12.2 Å². The molecule has 3 heteroatoms. The highest BCUT2D eigenvalue weighted by Crippen LogP contribution is 2.03. The van der Waals surface area contributed by atoms with E-state index >= 15 is 0 Å². The molecule has 0 aliphatic rings. The molecule has 14 heavy (non-hydrogen) atoms. The number of allylic oxidation sites excluding steroid dienone is 1. The van der Waals surface area contributed by atoms with E-state index in [1.165, 1.54) is 6.08 Å². The second-order valence-corrected chi connectivity index (χ2v) is 2.73. The zero-order valence-corrected chi connectivity index (χ0v) is 7.51. The molecule has 0 aliphatic heterocycles. The molecule has 0 fully saturated rings. The smallest absolute Gasteiger partial charge is 0.327 e. The maximum atomic E-state index is 11.4. The predicted molar refractivity (Wildman–Crippen MR) is 52.2 cm³/mol. The Hall–Kier alpha value is -1.90. The molecule has 0 amide bonds. The molecule has 0 aromatic heterocycles. The molecular formula is C11H10O3. The van der Waals surface area contributed by atoms with E-state index in [1.807, 2.05) is 6.07 Å². The molecule has 1 aromatic carbocycles. The Morgan fingerprint density at radius 3 is 2.43 bits per heavy atom. The van der Waals surface area contributed by atoms with Crippen LogP contribution in [0.25, 0.3) is 0 Å². The van der Waals surface area contributed by atoms with Crippen LogP contribution in [0.1, 0.15) is 16.8 Å². The van der Waals surface area contributed by atoms with Crippen LogP contribution in [0.2, 0.25) is 0 Å². The van der Waals surface area contributed by atoms with E-state index in [2.05, 4.69) is 0 Å². The van der Waals surface area contributed by atoms with Gasteiger partial charge in [-0.05, 0) is 0 Å². The van der Waals surface area contributed by atoms with Crippen LogP contribution in [-0.4, -0.2) is 16.9 Å². The first-order chi connectivity index (χ1) is 6.70. The van der Waals surface area contributed by atoms with E-state index in [9.17, 15) is 9.59 Å². The van der Waals surface area contributed by atoms with E-state index < -0.39 is 5.97 Å². The molecule has 0 spiro atoms. The van der Waals surface area contributed by atoms with Gasteiger partial charge in [0, 0.05) is 18.1 Å². The molecule has 1 N–H and O–H groups in total. The highest BCUT2D eigenvalue weighted by molar-refractivity contribution is 5.97. The van der Waals surface area contributed by atoms with Crippen LogP contribution in [0.4, 0.5) is 0 Å². The van der Waals surface area contributed by atoms with Crippen molar-refractivity contribution in [2.75, 3.05) is 0 Å². The largest absolute Gasteiger partial charge is 0.478 e. The monoisotopic (exact) mass is 190 g/mol. The Kier molecular flexibility index (Phi) is 3.61.